The first-order valence-corrected chi connectivity index (χ1v) is 8.28. The van der Waals surface area contributed by atoms with Crippen LogP contribution < -0.4 is 10.6 Å². The van der Waals surface area contributed by atoms with Gasteiger partial charge >= 0.3 is 0 Å². The number of nitrogens with one attached hydrogen (secondary N) is 2. The number of hydrogen-bond donors (Lipinski definition) is 2. The van der Waals surface area contributed by atoms with Crippen LogP contribution in [0.4, 0.5) is 29.7 Å². The maximum Gasteiger partial charge on any atom is 0.278 e. The number of amides is 1. The zero-order valence-corrected chi connectivity index (χ0v) is 14.5. The van der Waals surface area contributed by atoms with Crippen molar-refractivity contribution in [3.05, 3.63) is 64.2 Å². The molecule has 3 aromatic rings. The van der Waals surface area contributed by atoms with Crippen LogP contribution in [-0.4, -0.2) is 15.9 Å². The van der Waals surface area contributed by atoms with Gasteiger partial charge in [-0.3, -0.25) is 4.79 Å². The number of carbonyl (C=O) groups is 1. The zero-order chi connectivity index (χ0) is 18.8. The number of benzene rings is 1. The molecule has 0 atom stereocenters. The summed E-state index contributed by atoms with van der Waals surface area (Å²) in [7, 11) is 0. The first-order valence-electron chi connectivity index (χ1n) is 7.47. The van der Waals surface area contributed by atoms with Crippen molar-refractivity contribution in [2.24, 2.45) is 0 Å². The molecule has 0 radical (unpaired) electrons. The van der Waals surface area contributed by atoms with E-state index in [2.05, 4.69) is 20.6 Å². The molecule has 3 rings (SSSR count). The summed E-state index contributed by atoms with van der Waals surface area (Å²) in [6, 6.07) is 5.47. The molecule has 9 heteroatoms. The monoisotopic (exact) mass is 378 g/mol. The molecule has 0 spiro atoms. The Hall–Kier alpha value is -2.94. The summed E-state index contributed by atoms with van der Waals surface area (Å²) in [6.45, 7) is 3.17. The minimum atomic E-state index is -0.745. The molecule has 0 aliphatic rings. The van der Waals surface area contributed by atoms with Crippen LogP contribution in [0.25, 0.3) is 0 Å². The molecule has 0 saturated carbocycles. The van der Waals surface area contributed by atoms with Crippen molar-refractivity contribution in [1.29, 1.82) is 0 Å². The van der Waals surface area contributed by atoms with Crippen molar-refractivity contribution < 1.29 is 18.0 Å². The van der Waals surface area contributed by atoms with E-state index in [1.165, 1.54) is 19.1 Å². The molecule has 1 amide bonds. The van der Waals surface area contributed by atoms with E-state index in [9.17, 15) is 18.0 Å². The second-order valence-electron chi connectivity index (χ2n) is 5.41. The Balaban J connectivity index is 1.86. The van der Waals surface area contributed by atoms with E-state index >= 15 is 0 Å². The Kier molecular flexibility index (Phi) is 4.90. The number of nitrogens with zero attached hydrogens (tertiary/aromatic N) is 2. The molecule has 0 aliphatic carbocycles. The predicted octanol–water partition coefficient (Wildman–Crippen LogP) is 4.57. The smallest absolute Gasteiger partial charge is 0.278 e. The van der Waals surface area contributed by atoms with E-state index in [1.807, 2.05) is 0 Å². The summed E-state index contributed by atoms with van der Waals surface area (Å²) in [5.74, 6) is -2.38. The second-order valence-corrected chi connectivity index (χ2v) is 6.61. The lowest BCUT2D eigenvalue weighted by molar-refractivity contribution is 0.102. The van der Waals surface area contributed by atoms with Crippen LogP contribution in [0.2, 0.25) is 0 Å². The zero-order valence-electron chi connectivity index (χ0n) is 13.7. The Morgan fingerprint density at radius 2 is 1.73 bits per heavy atom. The van der Waals surface area contributed by atoms with Gasteiger partial charge in [0.15, 0.2) is 5.69 Å². The molecule has 134 valence electrons. The highest BCUT2D eigenvalue weighted by molar-refractivity contribution is 7.16. The van der Waals surface area contributed by atoms with Crippen LogP contribution in [0.15, 0.2) is 30.3 Å². The van der Waals surface area contributed by atoms with E-state index in [0.29, 0.717) is 10.0 Å². The van der Waals surface area contributed by atoms with E-state index in [0.717, 1.165) is 29.5 Å². The maximum atomic E-state index is 13.3. The number of halogens is 3. The van der Waals surface area contributed by atoms with Crippen LogP contribution >= 0.6 is 11.3 Å². The highest BCUT2D eigenvalue weighted by atomic mass is 32.1. The van der Waals surface area contributed by atoms with Crippen molar-refractivity contribution in [2.75, 3.05) is 10.6 Å². The Morgan fingerprint density at radius 1 is 1.04 bits per heavy atom. The predicted molar refractivity (Wildman–Crippen MR) is 93.4 cm³/mol. The molecule has 0 unspecified atom stereocenters. The number of pyridine rings is 1. The summed E-state index contributed by atoms with van der Waals surface area (Å²) < 4.78 is 40.0. The summed E-state index contributed by atoms with van der Waals surface area (Å²) in [4.78, 5) is 20.6. The molecule has 0 bridgehead atoms. The van der Waals surface area contributed by atoms with Gasteiger partial charge in [0, 0.05) is 11.8 Å². The van der Waals surface area contributed by atoms with Crippen molar-refractivity contribution >= 4 is 33.8 Å². The number of anilines is 3. The highest BCUT2D eigenvalue weighted by Crippen LogP contribution is 2.29. The van der Waals surface area contributed by atoms with E-state index in [4.69, 9.17) is 0 Å². The SMILES string of the molecule is Cc1nc(C(=O)Nc2ccc(F)c(C)n2)c(Nc2cc(F)cc(F)c2)s1. The number of aromatic nitrogens is 2. The van der Waals surface area contributed by atoms with Gasteiger partial charge in [0.2, 0.25) is 0 Å². The fourth-order valence-electron chi connectivity index (χ4n) is 2.21. The van der Waals surface area contributed by atoms with Gasteiger partial charge in [-0.1, -0.05) is 0 Å². The third-order valence-electron chi connectivity index (χ3n) is 3.33. The molecule has 2 N–H and O–H groups in total. The molecule has 2 heterocycles. The van der Waals surface area contributed by atoms with E-state index < -0.39 is 23.4 Å². The summed E-state index contributed by atoms with van der Waals surface area (Å²) in [5, 5.41) is 6.23. The number of thiazole rings is 1. The Labute approximate surface area is 150 Å². The fourth-order valence-corrected chi connectivity index (χ4v) is 3.05. The molecule has 1 aromatic carbocycles. The van der Waals surface area contributed by atoms with Gasteiger partial charge in [-0.15, -0.1) is 11.3 Å². The molecular weight excluding hydrogens is 365 g/mol. The average molecular weight is 378 g/mol. The standard InChI is InChI=1S/C17H13F3N4OS/c1-8-13(20)3-4-14(21-8)24-16(25)15-17(26-9(2)22-15)23-12-6-10(18)5-11(19)7-12/h3-7,23H,1-2H3,(H,21,24,25). The summed E-state index contributed by atoms with van der Waals surface area (Å²) in [5.41, 5.74) is 0.336. The van der Waals surface area contributed by atoms with Gasteiger partial charge in [0.1, 0.15) is 28.3 Å². The second kappa shape index (κ2) is 7.12. The first kappa shape index (κ1) is 17.9. The van der Waals surface area contributed by atoms with Crippen molar-refractivity contribution in [3.63, 3.8) is 0 Å². The number of rotatable bonds is 4. The average Bonchev–Trinajstić information content (AvgIpc) is 2.90. The summed E-state index contributed by atoms with van der Waals surface area (Å²) >= 11 is 1.16. The van der Waals surface area contributed by atoms with Gasteiger partial charge in [-0.2, -0.15) is 0 Å². The van der Waals surface area contributed by atoms with Crippen molar-refractivity contribution in [2.45, 2.75) is 13.8 Å². The minimum Gasteiger partial charge on any atom is -0.345 e. The van der Waals surface area contributed by atoms with E-state index in [1.54, 1.807) is 6.92 Å². The molecule has 2 aromatic heterocycles. The minimum absolute atomic E-state index is 0.0425. The quantitative estimate of drug-likeness (QED) is 0.698. The molecule has 5 nitrogen and oxygen atoms in total. The largest absolute Gasteiger partial charge is 0.345 e. The lowest BCUT2D eigenvalue weighted by atomic mass is 10.3. The maximum absolute atomic E-state index is 13.3. The van der Waals surface area contributed by atoms with Gasteiger partial charge in [-0.25, -0.2) is 23.1 Å². The molecule has 26 heavy (non-hydrogen) atoms. The third-order valence-corrected chi connectivity index (χ3v) is 4.22. The van der Waals surface area contributed by atoms with Crippen LogP contribution in [0.5, 0.6) is 0 Å². The molecular formula is C17H13F3N4OS. The third kappa shape index (κ3) is 3.99. The van der Waals surface area contributed by atoms with E-state index in [-0.39, 0.29) is 22.9 Å². The van der Waals surface area contributed by atoms with Crippen LogP contribution in [-0.2, 0) is 0 Å². The van der Waals surface area contributed by atoms with Crippen LogP contribution in [0, 0.1) is 31.3 Å². The lowest BCUT2D eigenvalue weighted by Gasteiger charge is -2.08. The normalized spacial score (nSPS) is 10.7. The highest BCUT2D eigenvalue weighted by Gasteiger charge is 2.18. The molecule has 0 aliphatic heterocycles. The fraction of sp³-hybridized carbons (Fsp3) is 0.118. The Morgan fingerprint density at radius 3 is 2.38 bits per heavy atom. The Bertz CT molecular complexity index is 970. The number of aryl methyl sites for hydroxylation is 2. The van der Waals surface area contributed by atoms with Crippen LogP contribution in [0.1, 0.15) is 21.2 Å². The molecule has 0 saturated heterocycles. The number of carbonyl (C=O) groups excluding carboxylic acids is 1. The van der Waals surface area contributed by atoms with Gasteiger partial charge in [0.05, 0.1) is 10.7 Å². The van der Waals surface area contributed by atoms with Gasteiger partial charge < -0.3 is 10.6 Å². The summed E-state index contributed by atoms with van der Waals surface area (Å²) in [6.07, 6.45) is 0. The lowest BCUT2D eigenvalue weighted by Crippen LogP contribution is -2.15. The molecule has 0 fully saturated rings. The van der Waals surface area contributed by atoms with Crippen molar-refractivity contribution in [3.8, 4) is 0 Å². The number of hydrogen-bond acceptors (Lipinski definition) is 5. The van der Waals surface area contributed by atoms with Crippen LogP contribution in [0.3, 0.4) is 0 Å². The van der Waals surface area contributed by atoms with Gasteiger partial charge in [0.25, 0.3) is 5.91 Å². The topological polar surface area (TPSA) is 66.9 Å². The van der Waals surface area contributed by atoms with Gasteiger partial charge in [-0.05, 0) is 38.1 Å². The van der Waals surface area contributed by atoms with Crippen molar-refractivity contribution in [1.82, 2.24) is 9.97 Å². The first-order chi connectivity index (χ1) is 12.3.